The van der Waals surface area contributed by atoms with E-state index in [9.17, 15) is 4.79 Å². The van der Waals surface area contributed by atoms with E-state index in [1.165, 1.54) is 0 Å². The number of aromatic nitrogens is 1. The smallest absolute Gasteiger partial charge is 0.160 e. The standard InChI is InChI=1S/C7H8BrNO2/c1-4(2)6-5(3-10)7(8)9-11-6/h3-4H,1-2H3. The molecule has 0 saturated carbocycles. The number of carbonyl (C=O) groups is 1. The molecule has 0 fully saturated rings. The molecule has 0 radical (unpaired) electrons. The van der Waals surface area contributed by atoms with Gasteiger partial charge >= 0.3 is 0 Å². The number of rotatable bonds is 2. The summed E-state index contributed by atoms with van der Waals surface area (Å²) in [5.41, 5.74) is 0.514. The summed E-state index contributed by atoms with van der Waals surface area (Å²) < 4.78 is 5.40. The quantitative estimate of drug-likeness (QED) is 0.715. The van der Waals surface area contributed by atoms with Crippen LogP contribution in [-0.4, -0.2) is 11.4 Å². The Hall–Kier alpha value is -0.640. The van der Waals surface area contributed by atoms with Gasteiger partial charge in [-0.25, -0.2) is 0 Å². The van der Waals surface area contributed by atoms with Crippen LogP contribution in [0.3, 0.4) is 0 Å². The van der Waals surface area contributed by atoms with Crippen molar-refractivity contribution >= 4 is 22.2 Å². The van der Waals surface area contributed by atoms with E-state index in [1.54, 1.807) is 0 Å². The van der Waals surface area contributed by atoms with Gasteiger partial charge in [0.2, 0.25) is 0 Å². The van der Waals surface area contributed by atoms with Crippen molar-refractivity contribution in [2.24, 2.45) is 0 Å². The highest BCUT2D eigenvalue weighted by molar-refractivity contribution is 9.10. The Morgan fingerprint density at radius 3 is 2.64 bits per heavy atom. The van der Waals surface area contributed by atoms with E-state index in [-0.39, 0.29) is 5.92 Å². The normalized spacial score (nSPS) is 10.5. The average Bonchev–Trinajstić information content (AvgIpc) is 2.30. The van der Waals surface area contributed by atoms with E-state index in [4.69, 9.17) is 4.52 Å². The summed E-state index contributed by atoms with van der Waals surface area (Å²) in [5, 5.41) is 3.62. The zero-order valence-electron chi connectivity index (χ0n) is 6.30. The van der Waals surface area contributed by atoms with Crippen LogP contribution in [-0.2, 0) is 0 Å². The van der Waals surface area contributed by atoms with Crippen molar-refractivity contribution in [3.8, 4) is 0 Å². The van der Waals surface area contributed by atoms with E-state index in [2.05, 4.69) is 21.1 Å². The van der Waals surface area contributed by atoms with Gasteiger partial charge in [-0.1, -0.05) is 19.0 Å². The second-order valence-electron chi connectivity index (χ2n) is 2.52. The van der Waals surface area contributed by atoms with Crippen molar-refractivity contribution < 1.29 is 9.32 Å². The molecule has 0 aliphatic rings. The molecule has 0 aliphatic carbocycles. The molecule has 0 aliphatic heterocycles. The maximum absolute atomic E-state index is 10.5. The van der Waals surface area contributed by atoms with Gasteiger partial charge in [0.1, 0.15) is 0 Å². The van der Waals surface area contributed by atoms with E-state index in [0.29, 0.717) is 15.9 Å². The van der Waals surface area contributed by atoms with E-state index < -0.39 is 0 Å². The highest BCUT2D eigenvalue weighted by Crippen LogP contribution is 2.23. The fourth-order valence-electron chi connectivity index (χ4n) is 0.812. The molecule has 0 N–H and O–H groups in total. The molecule has 0 unspecified atom stereocenters. The summed E-state index contributed by atoms with van der Waals surface area (Å²) in [6.45, 7) is 3.89. The van der Waals surface area contributed by atoms with Gasteiger partial charge in [-0.05, 0) is 15.9 Å². The maximum Gasteiger partial charge on any atom is 0.160 e. The largest absolute Gasteiger partial charge is 0.359 e. The molecule has 0 aromatic carbocycles. The topological polar surface area (TPSA) is 43.1 Å². The summed E-state index contributed by atoms with van der Waals surface area (Å²) in [7, 11) is 0. The number of hydrogen-bond acceptors (Lipinski definition) is 3. The molecule has 1 aromatic rings. The maximum atomic E-state index is 10.5. The number of aldehydes is 1. The van der Waals surface area contributed by atoms with Gasteiger partial charge in [-0.15, -0.1) is 0 Å². The summed E-state index contributed by atoms with van der Waals surface area (Å²) in [5.74, 6) is 0.820. The number of halogens is 1. The van der Waals surface area contributed by atoms with Gasteiger partial charge in [0, 0.05) is 5.92 Å². The fraction of sp³-hybridized carbons (Fsp3) is 0.429. The predicted octanol–water partition coefficient (Wildman–Crippen LogP) is 2.37. The van der Waals surface area contributed by atoms with Gasteiger partial charge < -0.3 is 4.52 Å². The molecule has 0 spiro atoms. The molecule has 60 valence electrons. The molecule has 1 rings (SSSR count). The first-order valence-corrected chi connectivity index (χ1v) is 4.06. The van der Waals surface area contributed by atoms with Crippen LogP contribution in [0, 0.1) is 0 Å². The zero-order valence-corrected chi connectivity index (χ0v) is 7.88. The summed E-state index contributed by atoms with van der Waals surface area (Å²) in [6.07, 6.45) is 0.746. The molecule has 0 bridgehead atoms. The van der Waals surface area contributed by atoms with Gasteiger partial charge in [0.15, 0.2) is 16.6 Å². The lowest BCUT2D eigenvalue weighted by atomic mass is 10.1. The second kappa shape index (κ2) is 3.17. The first-order chi connectivity index (χ1) is 5.16. The Bertz CT molecular complexity index is 267. The lowest BCUT2D eigenvalue weighted by Gasteiger charge is -1.96. The molecular weight excluding hydrogens is 210 g/mol. The second-order valence-corrected chi connectivity index (χ2v) is 3.28. The highest BCUT2D eigenvalue weighted by Gasteiger charge is 2.15. The number of carbonyl (C=O) groups excluding carboxylic acids is 1. The summed E-state index contributed by atoms with van der Waals surface area (Å²) >= 11 is 3.11. The van der Waals surface area contributed by atoms with Gasteiger partial charge in [0.25, 0.3) is 0 Å². The van der Waals surface area contributed by atoms with E-state index in [1.807, 2.05) is 13.8 Å². The summed E-state index contributed by atoms with van der Waals surface area (Å²) in [4.78, 5) is 10.5. The number of hydrogen-bond donors (Lipinski definition) is 0. The van der Waals surface area contributed by atoms with Gasteiger partial charge in [-0.2, -0.15) is 0 Å². The molecule has 1 heterocycles. The van der Waals surface area contributed by atoms with Crippen molar-refractivity contribution in [1.29, 1.82) is 0 Å². The van der Waals surface area contributed by atoms with Crippen LogP contribution in [0.1, 0.15) is 35.9 Å². The zero-order chi connectivity index (χ0) is 8.43. The lowest BCUT2D eigenvalue weighted by molar-refractivity contribution is 0.112. The predicted molar refractivity (Wildman–Crippen MR) is 43.7 cm³/mol. The van der Waals surface area contributed by atoms with Crippen LogP contribution in [0.2, 0.25) is 0 Å². The SMILES string of the molecule is CC(C)c1onc(Br)c1C=O. The van der Waals surface area contributed by atoms with Crippen LogP contribution in [0.5, 0.6) is 0 Å². The third kappa shape index (κ3) is 1.50. The van der Waals surface area contributed by atoms with E-state index in [0.717, 1.165) is 6.29 Å². The van der Waals surface area contributed by atoms with Crippen LogP contribution in [0.25, 0.3) is 0 Å². The molecule has 11 heavy (non-hydrogen) atoms. The van der Waals surface area contributed by atoms with Crippen molar-refractivity contribution in [2.75, 3.05) is 0 Å². The van der Waals surface area contributed by atoms with Crippen molar-refractivity contribution in [3.63, 3.8) is 0 Å². The molecular formula is C7H8BrNO2. The first kappa shape index (κ1) is 8.46. The highest BCUT2D eigenvalue weighted by atomic mass is 79.9. The van der Waals surface area contributed by atoms with Crippen molar-refractivity contribution in [1.82, 2.24) is 5.16 Å². The molecule has 0 saturated heterocycles. The Labute approximate surface area is 72.9 Å². The van der Waals surface area contributed by atoms with Crippen molar-refractivity contribution in [2.45, 2.75) is 19.8 Å². The minimum Gasteiger partial charge on any atom is -0.359 e. The fourth-order valence-corrected chi connectivity index (χ4v) is 1.17. The Morgan fingerprint density at radius 2 is 2.27 bits per heavy atom. The van der Waals surface area contributed by atoms with E-state index >= 15 is 0 Å². The van der Waals surface area contributed by atoms with Gasteiger partial charge in [0.05, 0.1) is 5.56 Å². The average molecular weight is 218 g/mol. The van der Waals surface area contributed by atoms with Crippen LogP contribution in [0.15, 0.2) is 9.13 Å². The molecule has 0 atom stereocenters. The Kier molecular flexibility index (Phi) is 2.44. The molecule has 4 heteroatoms. The Balaban J connectivity index is 3.15. The molecule has 0 amide bonds. The van der Waals surface area contributed by atoms with Crippen LogP contribution >= 0.6 is 15.9 Å². The lowest BCUT2D eigenvalue weighted by Crippen LogP contribution is -1.89. The number of nitrogens with zero attached hydrogens (tertiary/aromatic N) is 1. The van der Waals surface area contributed by atoms with Crippen LogP contribution in [0.4, 0.5) is 0 Å². The molecule has 3 nitrogen and oxygen atoms in total. The van der Waals surface area contributed by atoms with Gasteiger partial charge in [-0.3, -0.25) is 4.79 Å². The monoisotopic (exact) mass is 217 g/mol. The molecule has 1 aromatic heterocycles. The minimum atomic E-state index is 0.189. The summed E-state index contributed by atoms with van der Waals surface area (Å²) in [6, 6.07) is 0. The third-order valence-corrected chi connectivity index (χ3v) is 1.93. The van der Waals surface area contributed by atoms with Crippen LogP contribution < -0.4 is 0 Å². The third-order valence-electron chi connectivity index (χ3n) is 1.35. The Morgan fingerprint density at radius 1 is 1.64 bits per heavy atom. The van der Waals surface area contributed by atoms with Crippen molar-refractivity contribution in [3.05, 3.63) is 15.9 Å². The minimum absolute atomic E-state index is 0.189. The first-order valence-electron chi connectivity index (χ1n) is 3.27.